The van der Waals surface area contributed by atoms with E-state index in [1.54, 1.807) is 0 Å². The van der Waals surface area contributed by atoms with Crippen molar-refractivity contribution in [3.8, 4) is 0 Å². The third-order valence-electron chi connectivity index (χ3n) is 4.41. The number of hydrogen-bond donors (Lipinski definition) is 2. The fraction of sp³-hybridized carbons (Fsp3) is 0.733. The van der Waals surface area contributed by atoms with Crippen LogP contribution in [0.3, 0.4) is 0 Å². The molecule has 20 heavy (non-hydrogen) atoms. The molecule has 110 valence electrons. The second-order valence-electron chi connectivity index (χ2n) is 7.07. The number of amides is 1. The molecule has 0 saturated carbocycles. The van der Waals surface area contributed by atoms with Gasteiger partial charge in [-0.3, -0.25) is 4.79 Å². The van der Waals surface area contributed by atoms with E-state index in [0.717, 1.165) is 37.4 Å². The number of nitrogens with zero attached hydrogens (tertiary/aromatic N) is 2. The van der Waals surface area contributed by atoms with Gasteiger partial charge in [-0.15, -0.1) is 0 Å². The maximum absolute atomic E-state index is 12.1. The summed E-state index contributed by atoms with van der Waals surface area (Å²) in [5.74, 6) is 1.39. The van der Waals surface area contributed by atoms with Crippen LogP contribution in [0, 0.1) is 5.41 Å². The summed E-state index contributed by atoms with van der Waals surface area (Å²) in [6, 6.07) is 0. The molecule has 5 heteroatoms. The Morgan fingerprint density at radius 3 is 2.95 bits per heavy atom. The molecule has 3 rings (SSSR count). The molecule has 1 atom stereocenters. The molecule has 2 N–H and O–H groups in total. The number of aromatic amines is 1. The Bertz CT molecular complexity index is 520. The van der Waals surface area contributed by atoms with Gasteiger partial charge in [0.05, 0.1) is 0 Å². The average molecular weight is 276 g/mol. The summed E-state index contributed by atoms with van der Waals surface area (Å²) in [6.45, 7) is 7.24. The molecule has 1 amide bonds. The number of nitrogens with one attached hydrogen (secondary N) is 2. The van der Waals surface area contributed by atoms with Crippen LogP contribution in [0.25, 0.3) is 0 Å². The van der Waals surface area contributed by atoms with Crippen molar-refractivity contribution < 1.29 is 4.79 Å². The van der Waals surface area contributed by atoms with E-state index < -0.39 is 0 Å². The summed E-state index contributed by atoms with van der Waals surface area (Å²) in [7, 11) is 2.15. The van der Waals surface area contributed by atoms with Crippen molar-refractivity contribution in [3.63, 3.8) is 0 Å². The van der Waals surface area contributed by atoms with Gasteiger partial charge in [-0.2, -0.15) is 0 Å². The zero-order chi connectivity index (χ0) is 14.3. The van der Waals surface area contributed by atoms with Crippen LogP contribution in [0.4, 0.5) is 0 Å². The number of piperidine rings is 1. The van der Waals surface area contributed by atoms with Crippen molar-refractivity contribution in [1.82, 2.24) is 20.2 Å². The predicted molar refractivity (Wildman–Crippen MR) is 77.9 cm³/mol. The second-order valence-corrected chi connectivity index (χ2v) is 7.07. The molecule has 3 heterocycles. The van der Waals surface area contributed by atoms with Gasteiger partial charge in [0.25, 0.3) is 5.91 Å². The van der Waals surface area contributed by atoms with Gasteiger partial charge in [-0.05, 0) is 38.3 Å². The molecule has 1 aromatic heterocycles. The number of likely N-dealkylation sites (N-methyl/N-ethyl adjacent to an activating group) is 1. The summed E-state index contributed by atoms with van der Waals surface area (Å²) >= 11 is 0. The molecule has 1 saturated heterocycles. The van der Waals surface area contributed by atoms with Crippen LogP contribution in [0.15, 0.2) is 0 Å². The van der Waals surface area contributed by atoms with Gasteiger partial charge >= 0.3 is 0 Å². The number of hydrogen-bond acceptors (Lipinski definition) is 3. The molecule has 0 spiro atoms. The quantitative estimate of drug-likeness (QED) is 0.818. The van der Waals surface area contributed by atoms with Crippen LogP contribution >= 0.6 is 0 Å². The highest BCUT2D eigenvalue weighted by Crippen LogP contribution is 2.29. The monoisotopic (exact) mass is 276 g/mol. The molecule has 0 aromatic carbocycles. The van der Waals surface area contributed by atoms with Crippen molar-refractivity contribution in [3.05, 3.63) is 17.2 Å². The zero-order valence-corrected chi connectivity index (χ0v) is 12.6. The van der Waals surface area contributed by atoms with Crippen molar-refractivity contribution in [2.75, 3.05) is 26.7 Å². The minimum absolute atomic E-state index is 0.0303. The third kappa shape index (κ3) is 2.59. The maximum Gasteiger partial charge on any atom is 0.271 e. The third-order valence-corrected chi connectivity index (χ3v) is 4.41. The van der Waals surface area contributed by atoms with Crippen LogP contribution in [-0.2, 0) is 6.42 Å². The highest BCUT2D eigenvalue weighted by Gasteiger charge is 2.31. The Morgan fingerprint density at radius 2 is 2.20 bits per heavy atom. The van der Waals surface area contributed by atoms with Gasteiger partial charge in [-0.25, -0.2) is 4.98 Å². The highest BCUT2D eigenvalue weighted by atomic mass is 16.1. The van der Waals surface area contributed by atoms with Crippen LogP contribution in [0.2, 0.25) is 0 Å². The van der Waals surface area contributed by atoms with Crippen LogP contribution < -0.4 is 5.32 Å². The van der Waals surface area contributed by atoms with Gasteiger partial charge in [0.15, 0.2) is 0 Å². The standard InChI is InChI=1S/C15H24N4O/c1-15(2)7-11-12(14(20)16-9-15)18-13(17-11)10-5-4-6-19(3)8-10/h10H,4-9H2,1-3H3,(H,16,20)(H,17,18)/t10-/m0/s1. The summed E-state index contributed by atoms with van der Waals surface area (Å²) < 4.78 is 0. The van der Waals surface area contributed by atoms with E-state index in [4.69, 9.17) is 0 Å². The predicted octanol–water partition coefficient (Wildman–Crippen LogP) is 1.53. The Labute approximate surface area is 120 Å². The summed E-state index contributed by atoms with van der Waals surface area (Å²) in [5.41, 5.74) is 1.70. The van der Waals surface area contributed by atoms with Gasteiger partial charge in [0, 0.05) is 24.7 Å². The van der Waals surface area contributed by atoms with E-state index in [-0.39, 0.29) is 11.3 Å². The second kappa shape index (κ2) is 4.88. The van der Waals surface area contributed by atoms with Gasteiger partial charge in [0.1, 0.15) is 11.5 Å². The maximum atomic E-state index is 12.1. The Hall–Kier alpha value is -1.36. The van der Waals surface area contributed by atoms with Crippen molar-refractivity contribution in [1.29, 1.82) is 0 Å². The first-order valence-corrected chi connectivity index (χ1v) is 7.50. The number of imidazole rings is 1. The first-order valence-electron chi connectivity index (χ1n) is 7.50. The number of rotatable bonds is 1. The van der Waals surface area contributed by atoms with E-state index in [2.05, 4.69) is 41.1 Å². The minimum atomic E-state index is -0.0303. The normalized spacial score (nSPS) is 26.8. The summed E-state index contributed by atoms with van der Waals surface area (Å²) in [6.07, 6.45) is 3.22. The van der Waals surface area contributed by atoms with E-state index in [9.17, 15) is 4.79 Å². The van der Waals surface area contributed by atoms with Crippen molar-refractivity contribution >= 4 is 5.91 Å². The Kier molecular flexibility index (Phi) is 3.32. The smallest absolute Gasteiger partial charge is 0.271 e. The highest BCUT2D eigenvalue weighted by molar-refractivity contribution is 5.94. The zero-order valence-electron chi connectivity index (χ0n) is 12.6. The number of H-pyrrole nitrogens is 1. The fourth-order valence-corrected chi connectivity index (χ4v) is 3.27. The van der Waals surface area contributed by atoms with Crippen LogP contribution in [0.1, 0.15) is 54.6 Å². The molecule has 0 aliphatic carbocycles. The first kappa shape index (κ1) is 13.6. The summed E-state index contributed by atoms with van der Waals surface area (Å²) in [5, 5.41) is 2.98. The molecule has 0 radical (unpaired) electrons. The number of carbonyl (C=O) groups is 1. The number of fused-ring (bicyclic) bond motifs is 1. The molecular weight excluding hydrogens is 252 g/mol. The number of likely N-dealkylation sites (tertiary alicyclic amines) is 1. The largest absolute Gasteiger partial charge is 0.350 e. The molecular formula is C15H24N4O. The fourth-order valence-electron chi connectivity index (χ4n) is 3.27. The Balaban J connectivity index is 1.89. The molecule has 0 bridgehead atoms. The van der Waals surface area contributed by atoms with Crippen molar-refractivity contribution in [2.24, 2.45) is 5.41 Å². The van der Waals surface area contributed by atoms with Crippen LogP contribution in [-0.4, -0.2) is 47.5 Å². The minimum Gasteiger partial charge on any atom is -0.350 e. The molecule has 2 aliphatic rings. The molecule has 1 aromatic rings. The lowest BCUT2D eigenvalue weighted by molar-refractivity contribution is 0.0940. The Morgan fingerprint density at radius 1 is 1.40 bits per heavy atom. The molecule has 0 unspecified atom stereocenters. The molecule has 1 fully saturated rings. The lowest BCUT2D eigenvalue weighted by Gasteiger charge is -2.28. The molecule has 5 nitrogen and oxygen atoms in total. The van der Waals surface area contributed by atoms with Crippen molar-refractivity contribution in [2.45, 2.75) is 39.0 Å². The number of aromatic nitrogens is 2. The van der Waals surface area contributed by atoms with Crippen LogP contribution in [0.5, 0.6) is 0 Å². The number of carbonyl (C=O) groups excluding carboxylic acids is 1. The lowest BCUT2D eigenvalue weighted by Crippen LogP contribution is -2.33. The summed E-state index contributed by atoms with van der Waals surface area (Å²) in [4.78, 5) is 22.6. The van der Waals surface area contributed by atoms with E-state index in [1.807, 2.05) is 0 Å². The van der Waals surface area contributed by atoms with E-state index >= 15 is 0 Å². The van der Waals surface area contributed by atoms with E-state index in [1.165, 1.54) is 6.42 Å². The van der Waals surface area contributed by atoms with Gasteiger partial charge in [-0.1, -0.05) is 13.8 Å². The topological polar surface area (TPSA) is 61.0 Å². The first-order chi connectivity index (χ1) is 9.44. The van der Waals surface area contributed by atoms with Gasteiger partial charge in [0.2, 0.25) is 0 Å². The van der Waals surface area contributed by atoms with E-state index in [0.29, 0.717) is 18.2 Å². The lowest BCUT2D eigenvalue weighted by atomic mass is 9.88. The van der Waals surface area contributed by atoms with Gasteiger partial charge < -0.3 is 15.2 Å². The molecule has 2 aliphatic heterocycles. The average Bonchev–Trinajstić information content (AvgIpc) is 2.75. The SMILES string of the molecule is CN1CCC[C@H](c2nc3c([nH]2)CC(C)(C)CNC3=O)C1.